The molecule has 32 heavy (non-hydrogen) atoms. The van der Waals surface area contributed by atoms with Gasteiger partial charge in [0.2, 0.25) is 5.78 Å². The Bertz CT molecular complexity index is 1030. The van der Waals surface area contributed by atoms with E-state index >= 15 is 0 Å². The van der Waals surface area contributed by atoms with Gasteiger partial charge in [-0.3, -0.25) is 10.1 Å². The van der Waals surface area contributed by atoms with E-state index in [0.29, 0.717) is 22.8 Å². The third kappa shape index (κ3) is 7.42. The molecule has 0 saturated carbocycles. The fourth-order valence-corrected chi connectivity index (χ4v) is 2.59. The number of hydrogen-bond acceptors (Lipinski definition) is 7. The van der Waals surface area contributed by atoms with Crippen molar-refractivity contribution in [3.63, 3.8) is 0 Å². The third-order valence-corrected chi connectivity index (χ3v) is 3.89. The molecule has 0 aliphatic rings. The predicted octanol–water partition coefficient (Wildman–Crippen LogP) is 3.75. The average molecular weight is 441 g/mol. The molecule has 0 saturated heterocycles. The van der Waals surface area contributed by atoms with Gasteiger partial charge in [0.15, 0.2) is 5.82 Å². The van der Waals surface area contributed by atoms with Crippen molar-refractivity contribution in [2.45, 2.75) is 33.3 Å². The molecule has 1 aromatic heterocycles. The Hall–Kier alpha value is -3.88. The zero-order valence-electron chi connectivity index (χ0n) is 19.1. The van der Waals surface area contributed by atoms with E-state index in [1.54, 1.807) is 64.1 Å². The first-order valence-corrected chi connectivity index (χ1v) is 9.78. The van der Waals surface area contributed by atoms with Gasteiger partial charge in [0.05, 0.1) is 14.2 Å². The van der Waals surface area contributed by atoms with Crippen LogP contribution >= 0.6 is 0 Å². The number of ether oxygens (including phenoxy) is 3. The number of nitrogens with one attached hydrogen (secondary N) is 1. The van der Waals surface area contributed by atoms with Crippen molar-refractivity contribution >= 4 is 23.5 Å². The second kappa shape index (κ2) is 10.4. The van der Waals surface area contributed by atoms with Crippen LogP contribution in [0.5, 0.6) is 11.5 Å². The summed E-state index contributed by atoms with van der Waals surface area (Å²) in [4.78, 5) is 33.2. The van der Waals surface area contributed by atoms with E-state index in [4.69, 9.17) is 19.9 Å². The Kier molecular flexibility index (Phi) is 7.95. The van der Waals surface area contributed by atoms with Crippen LogP contribution in [0.1, 0.15) is 43.7 Å². The van der Waals surface area contributed by atoms with E-state index in [1.807, 2.05) is 0 Å². The summed E-state index contributed by atoms with van der Waals surface area (Å²) >= 11 is 0. The van der Waals surface area contributed by atoms with E-state index in [9.17, 15) is 9.59 Å². The molecule has 9 nitrogen and oxygen atoms in total. The number of nitrogens with zero attached hydrogens (tertiary/aromatic N) is 2. The summed E-state index contributed by atoms with van der Waals surface area (Å²) < 4.78 is 15.6. The summed E-state index contributed by atoms with van der Waals surface area (Å²) in [5, 5.41) is 2.57. The van der Waals surface area contributed by atoms with Gasteiger partial charge in [0, 0.05) is 17.3 Å². The van der Waals surface area contributed by atoms with E-state index in [2.05, 4.69) is 15.3 Å². The lowest BCUT2D eigenvalue weighted by Gasteiger charge is -2.19. The Labute approximate surface area is 187 Å². The number of nitrogens with two attached hydrogens (primary N) is 1. The fraction of sp³-hybridized carbons (Fsp3) is 0.304. The van der Waals surface area contributed by atoms with Gasteiger partial charge in [0.1, 0.15) is 28.6 Å². The monoisotopic (exact) mass is 440 g/mol. The van der Waals surface area contributed by atoms with Crippen LogP contribution in [0, 0.1) is 0 Å². The lowest BCUT2D eigenvalue weighted by Crippen LogP contribution is -2.31. The van der Waals surface area contributed by atoms with Gasteiger partial charge in [-0.05, 0) is 58.0 Å². The standard InChI is InChI=1S/C23H28N4O5/c1-14(25-22(29)32-23(2,3)4)10-19(24)27-20-9-7-8-18(26-20)21(28)15-11-16(30-5)13-17(12-15)31-6/h7-13H,1-6H3,(H,25,29)(H2,24,26,27)/b14-10-. The molecule has 0 atom stereocenters. The number of carbonyl (C=O) groups is 2. The smallest absolute Gasteiger partial charge is 0.411 e. The molecule has 0 radical (unpaired) electrons. The van der Waals surface area contributed by atoms with Gasteiger partial charge in [-0.15, -0.1) is 0 Å². The molecule has 0 aliphatic carbocycles. The van der Waals surface area contributed by atoms with E-state index in [-0.39, 0.29) is 23.1 Å². The van der Waals surface area contributed by atoms with Crippen LogP contribution in [-0.2, 0) is 4.74 Å². The van der Waals surface area contributed by atoms with Gasteiger partial charge < -0.3 is 19.9 Å². The Morgan fingerprint density at radius 1 is 1.09 bits per heavy atom. The van der Waals surface area contributed by atoms with Crippen LogP contribution in [-0.4, -0.2) is 42.5 Å². The zero-order valence-corrected chi connectivity index (χ0v) is 19.1. The van der Waals surface area contributed by atoms with E-state index in [0.717, 1.165) is 0 Å². The van der Waals surface area contributed by atoms with E-state index < -0.39 is 11.7 Å². The molecule has 0 spiro atoms. The molecule has 3 N–H and O–H groups in total. The van der Waals surface area contributed by atoms with Gasteiger partial charge in [0.25, 0.3) is 0 Å². The van der Waals surface area contributed by atoms with Crippen LogP contribution in [0.4, 0.5) is 10.6 Å². The lowest BCUT2D eigenvalue weighted by molar-refractivity contribution is 0.0546. The molecule has 0 bridgehead atoms. The number of carbonyl (C=O) groups excluding carboxylic acids is 2. The number of aromatic nitrogens is 1. The van der Waals surface area contributed by atoms with Gasteiger partial charge >= 0.3 is 6.09 Å². The third-order valence-electron chi connectivity index (χ3n) is 3.89. The van der Waals surface area contributed by atoms with Crippen molar-refractivity contribution in [3.05, 3.63) is 59.4 Å². The number of amides is 1. The summed E-state index contributed by atoms with van der Waals surface area (Å²) in [6.07, 6.45) is 0.867. The first-order chi connectivity index (χ1) is 15.0. The number of pyridine rings is 1. The molecule has 2 aromatic rings. The highest BCUT2D eigenvalue weighted by atomic mass is 16.6. The van der Waals surface area contributed by atoms with Crippen LogP contribution < -0.4 is 20.5 Å². The topological polar surface area (TPSA) is 125 Å². The molecule has 170 valence electrons. The number of methoxy groups -OCH3 is 2. The maximum absolute atomic E-state index is 12.9. The second-order valence-electron chi connectivity index (χ2n) is 7.80. The van der Waals surface area contributed by atoms with Crippen molar-refractivity contribution in [3.8, 4) is 11.5 Å². The number of aliphatic imine (C=N–C) groups is 1. The average Bonchev–Trinajstić information content (AvgIpc) is 2.71. The van der Waals surface area contributed by atoms with E-state index in [1.165, 1.54) is 20.3 Å². The number of benzene rings is 1. The molecule has 1 aromatic carbocycles. The van der Waals surface area contributed by atoms with Crippen LogP contribution in [0.15, 0.2) is 53.2 Å². The fourth-order valence-electron chi connectivity index (χ4n) is 2.59. The van der Waals surface area contributed by atoms with Gasteiger partial charge in [-0.2, -0.15) is 0 Å². The second-order valence-corrected chi connectivity index (χ2v) is 7.80. The number of rotatable bonds is 7. The predicted molar refractivity (Wildman–Crippen MR) is 122 cm³/mol. The van der Waals surface area contributed by atoms with Crippen molar-refractivity contribution < 1.29 is 23.8 Å². The van der Waals surface area contributed by atoms with Crippen molar-refractivity contribution in [1.82, 2.24) is 10.3 Å². The number of allylic oxidation sites excluding steroid dienone is 1. The minimum atomic E-state index is -0.617. The maximum atomic E-state index is 12.9. The molecule has 0 fully saturated rings. The Morgan fingerprint density at radius 3 is 2.28 bits per heavy atom. The normalized spacial score (nSPS) is 12.2. The van der Waals surface area contributed by atoms with Gasteiger partial charge in [-0.25, -0.2) is 14.8 Å². The molecule has 1 amide bonds. The quantitative estimate of drug-likeness (QED) is 0.381. The highest BCUT2D eigenvalue weighted by molar-refractivity contribution is 6.08. The SMILES string of the molecule is COc1cc(OC)cc(C(=O)c2cccc(/N=C(N)\C=C(\C)NC(=O)OC(C)(C)C)n2)c1. The molecule has 1 heterocycles. The molecule has 9 heteroatoms. The van der Waals surface area contributed by atoms with Crippen molar-refractivity contribution in [1.29, 1.82) is 0 Å². The molecule has 2 rings (SSSR count). The largest absolute Gasteiger partial charge is 0.497 e. The molecule has 0 unspecified atom stereocenters. The first kappa shape index (κ1) is 24.4. The minimum Gasteiger partial charge on any atom is -0.497 e. The summed E-state index contributed by atoms with van der Waals surface area (Å²) in [7, 11) is 3.01. The van der Waals surface area contributed by atoms with Crippen LogP contribution in [0.2, 0.25) is 0 Å². The number of ketones is 1. The Morgan fingerprint density at radius 2 is 1.72 bits per heavy atom. The summed E-state index contributed by atoms with van der Waals surface area (Å²) in [6.45, 7) is 6.95. The highest BCUT2D eigenvalue weighted by Crippen LogP contribution is 2.24. The van der Waals surface area contributed by atoms with Crippen molar-refractivity contribution in [2.24, 2.45) is 10.7 Å². The Balaban J connectivity index is 2.21. The highest BCUT2D eigenvalue weighted by Gasteiger charge is 2.16. The molecular weight excluding hydrogens is 412 g/mol. The van der Waals surface area contributed by atoms with Crippen LogP contribution in [0.3, 0.4) is 0 Å². The minimum absolute atomic E-state index is 0.0960. The van der Waals surface area contributed by atoms with Crippen molar-refractivity contribution in [2.75, 3.05) is 14.2 Å². The first-order valence-electron chi connectivity index (χ1n) is 9.78. The summed E-state index contributed by atoms with van der Waals surface area (Å²) in [5.41, 5.74) is 6.31. The maximum Gasteiger partial charge on any atom is 0.411 e. The van der Waals surface area contributed by atoms with Crippen LogP contribution in [0.25, 0.3) is 0 Å². The summed E-state index contributed by atoms with van der Waals surface area (Å²) in [5.74, 6) is 0.993. The lowest BCUT2D eigenvalue weighted by atomic mass is 10.1. The molecule has 0 aliphatic heterocycles. The number of amidine groups is 1. The van der Waals surface area contributed by atoms with Gasteiger partial charge in [-0.1, -0.05) is 6.07 Å². The number of hydrogen-bond donors (Lipinski definition) is 2. The number of alkyl carbamates (subject to hydrolysis) is 1. The molecular formula is C23H28N4O5. The zero-order chi connectivity index (χ0) is 23.9. The summed E-state index contributed by atoms with van der Waals surface area (Å²) in [6, 6.07) is 9.72.